The molecule has 0 saturated heterocycles. The minimum Gasteiger partial charge on any atom is -0.315 e. The van der Waals surface area contributed by atoms with Crippen molar-refractivity contribution in [3.05, 3.63) is 34.6 Å². The van der Waals surface area contributed by atoms with Crippen molar-refractivity contribution in [2.75, 3.05) is 27.2 Å². The van der Waals surface area contributed by atoms with E-state index in [-0.39, 0.29) is 16.9 Å². The lowest BCUT2D eigenvalue weighted by Crippen LogP contribution is -2.30. The third-order valence-corrected chi connectivity index (χ3v) is 2.83. The molecule has 0 aliphatic heterocycles. The topological polar surface area (TPSA) is 15.3 Å². The summed E-state index contributed by atoms with van der Waals surface area (Å²) in [4.78, 5) is 2.09. The SMILES string of the molecule is CCNCC(c1ccc(F)c(Cl)c1)N(C)C. The highest BCUT2D eigenvalue weighted by molar-refractivity contribution is 6.30. The van der Waals surface area contributed by atoms with Gasteiger partial charge in [-0.05, 0) is 38.3 Å². The Morgan fingerprint density at radius 2 is 2.12 bits per heavy atom. The fourth-order valence-corrected chi connectivity index (χ4v) is 1.79. The van der Waals surface area contributed by atoms with Crippen LogP contribution in [0.5, 0.6) is 0 Å². The highest BCUT2D eigenvalue weighted by atomic mass is 35.5. The zero-order valence-electron chi connectivity index (χ0n) is 9.93. The summed E-state index contributed by atoms with van der Waals surface area (Å²) in [6, 6.07) is 5.10. The molecule has 0 fully saturated rings. The Labute approximate surface area is 101 Å². The molecule has 4 heteroatoms. The smallest absolute Gasteiger partial charge is 0.141 e. The van der Waals surface area contributed by atoms with E-state index in [1.807, 2.05) is 14.1 Å². The maximum atomic E-state index is 13.1. The normalized spacial score (nSPS) is 13.1. The van der Waals surface area contributed by atoms with Gasteiger partial charge in [0.1, 0.15) is 5.82 Å². The van der Waals surface area contributed by atoms with Crippen molar-refractivity contribution < 1.29 is 4.39 Å². The number of nitrogens with one attached hydrogen (secondary N) is 1. The summed E-state index contributed by atoms with van der Waals surface area (Å²) in [5.41, 5.74) is 1.03. The van der Waals surface area contributed by atoms with Crippen molar-refractivity contribution in [2.45, 2.75) is 13.0 Å². The average Bonchev–Trinajstić information content (AvgIpc) is 2.23. The second-order valence-electron chi connectivity index (χ2n) is 3.96. The van der Waals surface area contributed by atoms with Gasteiger partial charge < -0.3 is 10.2 Å². The van der Waals surface area contributed by atoms with Gasteiger partial charge in [0.15, 0.2) is 0 Å². The first-order valence-corrected chi connectivity index (χ1v) is 5.76. The number of rotatable bonds is 5. The molecule has 1 unspecified atom stereocenters. The van der Waals surface area contributed by atoms with E-state index in [0.717, 1.165) is 18.7 Å². The van der Waals surface area contributed by atoms with Crippen molar-refractivity contribution in [1.82, 2.24) is 10.2 Å². The third-order valence-electron chi connectivity index (χ3n) is 2.54. The van der Waals surface area contributed by atoms with Gasteiger partial charge in [0.25, 0.3) is 0 Å². The third kappa shape index (κ3) is 3.44. The van der Waals surface area contributed by atoms with Crippen LogP contribution in [0.2, 0.25) is 5.02 Å². The summed E-state index contributed by atoms with van der Waals surface area (Å²) >= 11 is 5.78. The Kier molecular flexibility index (Phi) is 5.19. The summed E-state index contributed by atoms with van der Waals surface area (Å²) in [5.74, 6) is -0.369. The Bertz CT molecular complexity index is 342. The van der Waals surface area contributed by atoms with Crippen molar-refractivity contribution in [2.24, 2.45) is 0 Å². The molecule has 1 aromatic rings. The van der Waals surface area contributed by atoms with Crippen LogP contribution in [-0.2, 0) is 0 Å². The molecule has 1 atom stereocenters. The standard InChI is InChI=1S/C12H18ClFN2/c1-4-15-8-12(16(2)3)9-5-6-11(14)10(13)7-9/h5-7,12,15H,4,8H2,1-3H3. The molecule has 1 aromatic carbocycles. The molecule has 0 amide bonds. The molecule has 0 aliphatic rings. The average molecular weight is 245 g/mol. The minimum absolute atomic E-state index is 0.181. The van der Waals surface area contributed by atoms with Crippen LogP contribution >= 0.6 is 11.6 Å². The summed E-state index contributed by atoms with van der Waals surface area (Å²) in [5, 5.41) is 3.47. The Morgan fingerprint density at radius 1 is 1.44 bits per heavy atom. The fraction of sp³-hybridized carbons (Fsp3) is 0.500. The van der Waals surface area contributed by atoms with E-state index >= 15 is 0 Å². The molecule has 1 N–H and O–H groups in total. The maximum absolute atomic E-state index is 13.1. The van der Waals surface area contributed by atoms with E-state index in [2.05, 4.69) is 17.1 Å². The predicted molar refractivity (Wildman–Crippen MR) is 66.4 cm³/mol. The first-order valence-electron chi connectivity index (χ1n) is 5.38. The number of likely N-dealkylation sites (N-methyl/N-ethyl adjacent to an activating group) is 2. The molecule has 90 valence electrons. The van der Waals surface area contributed by atoms with E-state index in [4.69, 9.17) is 11.6 Å². The monoisotopic (exact) mass is 244 g/mol. The second kappa shape index (κ2) is 6.18. The lowest BCUT2D eigenvalue weighted by atomic mass is 10.1. The molecule has 0 aromatic heterocycles. The lowest BCUT2D eigenvalue weighted by Gasteiger charge is -2.25. The van der Waals surface area contributed by atoms with E-state index in [1.54, 1.807) is 12.1 Å². The van der Waals surface area contributed by atoms with Gasteiger partial charge in [-0.3, -0.25) is 0 Å². The molecule has 0 spiro atoms. The van der Waals surface area contributed by atoms with Crippen LogP contribution in [0.25, 0.3) is 0 Å². The van der Waals surface area contributed by atoms with Crippen molar-refractivity contribution in [3.8, 4) is 0 Å². The summed E-state index contributed by atoms with van der Waals surface area (Å²) < 4.78 is 13.1. The summed E-state index contributed by atoms with van der Waals surface area (Å²) in [6.07, 6.45) is 0. The molecule has 16 heavy (non-hydrogen) atoms. The predicted octanol–water partition coefficient (Wildman–Crippen LogP) is 2.69. The fourth-order valence-electron chi connectivity index (χ4n) is 1.60. The van der Waals surface area contributed by atoms with Gasteiger partial charge in [-0.2, -0.15) is 0 Å². The number of halogens is 2. The van der Waals surface area contributed by atoms with Gasteiger partial charge in [0.2, 0.25) is 0 Å². The summed E-state index contributed by atoms with van der Waals surface area (Å²) in [6.45, 7) is 3.80. The highest BCUT2D eigenvalue weighted by Gasteiger charge is 2.14. The van der Waals surface area contributed by atoms with Gasteiger partial charge >= 0.3 is 0 Å². The number of nitrogens with zero attached hydrogens (tertiary/aromatic N) is 1. The van der Waals surface area contributed by atoms with E-state index < -0.39 is 0 Å². The number of hydrogen-bond acceptors (Lipinski definition) is 2. The molecule has 0 saturated carbocycles. The molecule has 1 rings (SSSR count). The van der Waals surface area contributed by atoms with E-state index in [9.17, 15) is 4.39 Å². The van der Waals surface area contributed by atoms with Crippen LogP contribution in [0, 0.1) is 5.82 Å². The van der Waals surface area contributed by atoms with Gasteiger partial charge in [0, 0.05) is 12.6 Å². The largest absolute Gasteiger partial charge is 0.315 e. The number of hydrogen-bond donors (Lipinski definition) is 1. The molecular formula is C12H18ClFN2. The van der Waals surface area contributed by atoms with Crippen molar-refractivity contribution in [1.29, 1.82) is 0 Å². The van der Waals surface area contributed by atoms with Crippen LogP contribution in [0.4, 0.5) is 4.39 Å². The highest BCUT2D eigenvalue weighted by Crippen LogP contribution is 2.23. The summed E-state index contributed by atoms with van der Waals surface area (Å²) in [7, 11) is 4.00. The Morgan fingerprint density at radius 3 is 2.62 bits per heavy atom. The van der Waals surface area contributed by atoms with E-state index in [1.165, 1.54) is 6.07 Å². The molecule has 0 aliphatic carbocycles. The molecule has 0 bridgehead atoms. The van der Waals surface area contributed by atoms with Crippen LogP contribution < -0.4 is 5.32 Å². The lowest BCUT2D eigenvalue weighted by molar-refractivity contribution is 0.290. The van der Waals surface area contributed by atoms with Crippen molar-refractivity contribution in [3.63, 3.8) is 0 Å². The zero-order chi connectivity index (χ0) is 12.1. The van der Waals surface area contributed by atoms with E-state index in [0.29, 0.717) is 0 Å². The Balaban J connectivity index is 2.88. The van der Waals surface area contributed by atoms with Gasteiger partial charge in [-0.15, -0.1) is 0 Å². The van der Waals surface area contributed by atoms with Crippen LogP contribution in [0.1, 0.15) is 18.5 Å². The van der Waals surface area contributed by atoms with Gasteiger partial charge in [-0.25, -0.2) is 4.39 Å². The van der Waals surface area contributed by atoms with Gasteiger partial charge in [-0.1, -0.05) is 24.6 Å². The minimum atomic E-state index is -0.369. The number of benzene rings is 1. The Hall–Kier alpha value is -0.640. The molecular weight excluding hydrogens is 227 g/mol. The van der Waals surface area contributed by atoms with Gasteiger partial charge in [0.05, 0.1) is 5.02 Å². The molecule has 0 radical (unpaired) electrons. The van der Waals surface area contributed by atoms with Crippen LogP contribution in [0.15, 0.2) is 18.2 Å². The van der Waals surface area contributed by atoms with Crippen LogP contribution in [0.3, 0.4) is 0 Å². The maximum Gasteiger partial charge on any atom is 0.141 e. The van der Waals surface area contributed by atoms with Crippen molar-refractivity contribution >= 4 is 11.6 Å². The van der Waals surface area contributed by atoms with Crippen LogP contribution in [-0.4, -0.2) is 32.1 Å². The quantitative estimate of drug-likeness (QED) is 0.857. The first-order chi connectivity index (χ1) is 7.56. The molecule has 2 nitrogen and oxygen atoms in total. The first kappa shape index (κ1) is 13.4. The molecule has 0 heterocycles. The zero-order valence-corrected chi connectivity index (χ0v) is 10.7. The second-order valence-corrected chi connectivity index (χ2v) is 4.37.